The van der Waals surface area contributed by atoms with Crippen LogP contribution in [0.4, 0.5) is 0 Å². The zero-order valence-electron chi connectivity index (χ0n) is 9.04. The maximum absolute atomic E-state index is 11.4. The first-order valence-corrected chi connectivity index (χ1v) is 4.40. The Morgan fingerprint density at radius 2 is 1.94 bits per heavy atom. The van der Waals surface area contributed by atoms with Crippen LogP contribution in [0.3, 0.4) is 0 Å². The van der Waals surface area contributed by atoms with Crippen molar-refractivity contribution in [1.82, 2.24) is 0 Å². The molecule has 16 heavy (non-hydrogen) atoms. The summed E-state index contributed by atoms with van der Waals surface area (Å²) in [4.78, 5) is 35.4. The fourth-order valence-corrected chi connectivity index (χ4v) is 0.914. The molecular formula is C7H12N2O7. The van der Waals surface area contributed by atoms with Gasteiger partial charge in [0.15, 0.2) is 0 Å². The van der Waals surface area contributed by atoms with Gasteiger partial charge in [-0.2, -0.15) is 0 Å². The van der Waals surface area contributed by atoms with E-state index in [1.807, 2.05) is 0 Å². The highest BCUT2D eigenvalue weighted by atomic mass is 17.0. The minimum atomic E-state index is -2.25. The SMILES string of the molecule is CCOC(=O)[C@@](C)(O[N+](=O)[O-])[C@H](C)[N+](=O)[O-]. The van der Waals surface area contributed by atoms with Crippen molar-refractivity contribution in [1.29, 1.82) is 0 Å². The van der Waals surface area contributed by atoms with Gasteiger partial charge in [-0.05, 0) is 13.8 Å². The molecule has 0 spiro atoms. The Balaban J connectivity index is 5.09. The van der Waals surface area contributed by atoms with Gasteiger partial charge in [0.25, 0.3) is 10.7 Å². The third kappa shape index (κ3) is 3.04. The summed E-state index contributed by atoms with van der Waals surface area (Å²) in [6.45, 7) is 3.39. The third-order valence-corrected chi connectivity index (χ3v) is 2.06. The summed E-state index contributed by atoms with van der Waals surface area (Å²) in [6.07, 6.45) is 0. The molecule has 0 unspecified atom stereocenters. The highest BCUT2D eigenvalue weighted by molar-refractivity contribution is 5.79. The maximum Gasteiger partial charge on any atom is 0.345 e. The van der Waals surface area contributed by atoms with Crippen molar-refractivity contribution in [3.8, 4) is 0 Å². The second-order valence-electron chi connectivity index (χ2n) is 3.10. The van der Waals surface area contributed by atoms with Crippen molar-refractivity contribution in [2.75, 3.05) is 6.61 Å². The molecule has 9 heteroatoms. The lowest BCUT2D eigenvalue weighted by molar-refractivity contribution is -0.786. The lowest BCUT2D eigenvalue weighted by Gasteiger charge is -2.24. The number of rotatable bonds is 6. The molecule has 0 saturated carbocycles. The number of carbonyl (C=O) groups excluding carboxylic acids is 1. The van der Waals surface area contributed by atoms with Gasteiger partial charge in [0.05, 0.1) is 6.61 Å². The van der Waals surface area contributed by atoms with E-state index in [1.165, 1.54) is 6.92 Å². The van der Waals surface area contributed by atoms with E-state index in [1.54, 1.807) is 0 Å². The predicted molar refractivity (Wildman–Crippen MR) is 49.6 cm³/mol. The van der Waals surface area contributed by atoms with Crippen molar-refractivity contribution in [3.05, 3.63) is 20.2 Å². The van der Waals surface area contributed by atoms with Crippen LogP contribution in [0, 0.1) is 20.2 Å². The Morgan fingerprint density at radius 3 is 2.25 bits per heavy atom. The van der Waals surface area contributed by atoms with Crippen LogP contribution in [0.2, 0.25) is 0 Å². The number of ether oxygens (including phenoxy) is 1. The Bertz CT molecular complexity index is 305. The second-order valence-corrected chi connectivity index (χ2v) is 3.10. The van der Waals surface area contributed by atoms with Gasteiger partial charge < -0.3 is 4.74 Å². The summed E-state index contributed by atoms with van der Waals surface area (Å²) in [6, 6.07) is -1.60. The molecule has 0 bridgehead atoms. The van der Waals surface area contributed by atoms with Crippen LogP contribution in [-0.4, -0.2) is 34.2 Å². The molecule has 0 heterocycles. The molecule has 0 N–H and O–H groups in total. The van der Waals surface area contributed by atoms with Crippen LogP contribution >= 0.6 is 0 Å². The first-order chi connectivity index (χ1) is 7.25. The quantitative estimate of drug-likeness (QED) is 0.366. The van der Waals surface area contributed by atoms with Gasteiger partial charge in [0.2, 0.25) is 6.04 Å². The number of carbonyl (C=O) groups is 1. The van der Waals surface area contributed by atoms with Crippen LogP contribution in [0.15, 0.2) is 0 Å². The van der Waals surface area contributed by atoms with E-state index in [0.29, 0.717) is 0 Å². The molecule has 2 atom stereocenters. The van der Waals surface area contributed by atoms with Gasteiger partial charge in [-0.25, -0.2) is 4.79 Å². The lowest BCUT2D eigenvalue weighted by atomic mass is 9.99. The third-order valence-electron chi connectivity index (χ3n) is 2.06. The number of esters is 1. The molecule has 9 nitrogen and oxygen atoms in total. The maximum atomic E-state index is 11.4. The normalized spacial score (nSPS) is 15.7. The minimum Gasteiger partial charge on any atom is -0.464 e. The Labute approximate surface area is 90.6 Å². The van der Waals surface area contributed by atoms with Crippen LogP contribution in [-0.2, 0) is 14.4 Å². The van der Waals surface area contributed by atoms with E-state index in [2.05, 4.69) is 9.57 Å². The molecule has 0 aliphatic heterocycles. The van der Waals surface area contributed by atoms with Crippen LogP contribution in [0.25, 0.3) is 0 Å². The van der Waals surface area contributed by atoms with Gasteiger partial charge in [-0.3, -0.25) is 15.0 Å². The molecule has 0 aliphatic rings. The molecule has 0 aromatic rings. The summed E-state index contributed by atoms with van der Waals surface area (Å²) in [5.74, 6) is -1.14. The van der Waals surface area contributed by atoms with Crippen molar-refractivity contribution in [2.24, 2.45) is 0 Å². The molecule has 0 rings (SSSR count). The average Bonchev–Trinajstić information content (AvgIpc) is 2.15. The van der Waals surface area contributed by atoms with Crippen molar-refractivity contribution in [3.63, 3.8) is 0 Å². The van der Waals surface area contributed by atoms with E-state index in [-0.39, 0.29) is 6.61 Å². The first kappa shape index (κ1) is 14.1. The van der Waals surface area contributed by atoms with Gasteiger partial charge >= 0.3 is 5.97 Å². The zero-order chi connectivity index (χ0) is 12.9. The predicted octanol–water partition coefficient (Wildman–Crippen LogP) is 0.182. The zero-order valence-corrected chi connectivity index (χ0v) is 9.04. The van der Waals surface area contributed by atoms with Crippen LogP contribution < -0.4 is 0 Å². The summed E-state index contributed by atoms with van der Waals surface area (Å²) >= 11 is 0. The van der Waals surface area contributed by atoms with Crippen LogP contribution in [0.1, 0.15) is 20.8 Å². The fourth-order valence-electron chi connectivity index (χ4n) is 0.914. The largest absolute Gasteiger partial charge is 0.464 e. The topological polar surface area (TPSA) is 122 Å². The van der Waals surface area contributed by atoms with Crippen molar-refractivity contribution in [2.45, 2.75) is 32.4 Å². The first-order valence-electron chi connectivity index (χ1n) is 4.40. The van der Waals surface area contributed by atoms with E-state index in [0.717, 1.165) is 13.8 Å². The Hall–Kier alpha value is -1.93. The van der Waals surface area contributed by atoms with E-state index in [4.69, 9.17) is 0 Å². The standard InChI is InChI=1S/C7H12N2O7/c1-4-15-6(10)7(3,16-9(13)14)5(2)8(11)12/h5H,4H2,1-3H3/t5-,7-/m0/s1. The van der Waals surface area contributed by atoms with Crippen LogP contribution in [0.5, 0.6) is 0 Å². The van der Waals surface area contributed by atoms with Gasteiger partial charge in [0, 0.05) is 11.8 Å². The number of nitrogens with zero attached hydrogens (tertiary/aromatic N) is 2. The molecule has 0 amide bonds. The Kier molecular flexibility index (Phi) is 4.60. The summed E-state index contributed by atoms with van der Waals surface area (Å²) in [5.41, 5.74) is -2.25. The monoisotopic (exact) mass is 236 g/mol. The molecule has 0 aliphatic carbocycles. The molecule has 0 saturated heterocycles. The molecule has 0 fully saturated rings. The summed E-state index contributed by atoms with van der Waals surface area (Å²) in [7, 11) is 0. The van der Waals surface area contributed by atoms with Gasteiger partial charge in [-0.1, -0.05) is 0 Å². The molecule has 0 aromatic heterocycles. The molecule has 92 valence electrons. The fraction of sp³-hybridized carbons (Fsp3) is 0.857. The highest BCUT2D eigenvalue weighted by Gasteiger charge is 2.51. The summed E-state index contributed by atoms with van der Waals surface area (Å²) < 4.78 is 4.51. The highest BCUT2D eigenvalue weighted by Crippen LogP contribution is 2.20. The smallest absolute Gasteiger partial charge is 0.345 e. The minimum absolute atomic E-state index is 0.0556. The molecule has 0 radical (unpaired) electrons. The molecular weight excluding hydrogens is 224 g/mol. The van der Waals surface area contributed by atoms with E-state index < -0.39 is 27.6 Å². The number of hydrogen-bond acceptors (Lipinski definition) is 7. The molecule has 0 aromatic carbocycles. The number of nitro groups is 1. The van der Waals surface area contributed by atoms with Crippen molar-refractivity contribution >= 4 is 5.97 Å². The second kappa shape index (κ2) is 5.24. The van der Waals surface area contributed by atoms with E-state index in [9.17, 15) is 25.0 Å². The summed E-state index contributed by atoms with van der Waals surface area (Å²) in [5, 5.41) is 19.5. The Morgan fingerprint density at radius 1 is 1.44 bits per heavy atom. The van der Waals surface area contributed by atoms with Crippen molar-refractivity contribution < 1.29 is 24.4 Å². The van der Waals surface area contributed by atoms with E-state index >= 15 is 0 Å². The van der Waals surface area contributed by atoms with Gasteiger partial charge in [-0.15, -0.1) is 10.1 Å². The average molecular weight is 236 g/mol. The number of hydrogen-bond donors (Lipinski definition) is 0. The van der Waals surface area contributed by atoms with Gasteiger partial charge in [0.1, 0.15) is 0 Å². The lowest BCUT2D eigenvalue weighted by Crippen LogP contribution is -2.53.